The zero-order chi connectivity index (χ0) is 45.7. The van der Waals surface area contributed by atoms with Gasteiger partial charge in [0.05, 0.1) is 22.4 Å². The van der Waals surface area contributed by atoms with Crippen LogP contribution in [-0.4, -0.2) is 4.57 Å². The van der Waals surface area contributed by atoms with Crippen molar-refractivity contribution in [2.24, 2.45) is 0 Å². The Morgan fingerprint density at radius 3 is 1.42 bits per heavy atom. The van der Waals surface area contributed by atoms with Crippen molar-refractivity contribution >= 4 is 60.8 Å². The maximum Gasteiger partial charge on any atom is 0.143 e. The minimum absolute atomic E-state index is 0.885. The first-order valence-corrected chi connectivity index (χ1v) is 23.6. The summed E-state index contributed by atoms with van der Waals surface area (Å²) in [5.41, 5.74) is 20.1. The van der Waals surface area contributed by atoms with Crippen molar-refractivity contribution in [2.45, 2.75) is 0 Å². The fourth-order valence-corrected chi connectivity index (χ4v) is 10.3. The van der Waals surface area contributed by atoms with Gasteiger partial charge in [0.2, 0.25) is 0 Å². The molecule has 0 bridgehead atoms. The van der Waals surface area contributed by atoms with Crippen LogP contribution in [0.2, 0.25) is 0 Å². The maximum absolute atomic E-state index is 6.63. The highest BCUT2D eigenvalue weighted by Gasteiger charge is 2.21. The van der Waals surface area contributed by atoms with Gasteiger partial charge in [-0.15, -0.1) is 0 Å². The first kappa shape index (κ1) is 40.1. The fraction of sp³-hybridized carbons (Fsp3) is 0. The van der Waals surface area contributed by atoms with E-state index >= 15 is 0 Å². The average molecular weight is 881 g/mol. The number of aromatic nitrogens is 1. The minimum Gasteiger partial charge on any atom is -0.455 e. The molecule has 0 radical (unpaired) electrons. The van der Waals surface area contributed by atoms with Crippen LogP contribution in [0.25, 0.3) is 105 Å². The number of fused-ring (bicyclic) bond motifs is 6. The third kappa shape index (κ3) is 7.08. The highest BCUT2D eigenvalue weighted by molar-refractivity contribution is 6.11. The average Bonchev–Trinajstić information content (AvgIpc) is 3.98. The smallest absolute Gasteiger partial charge is 0.143 e. The number of benzene rings is 11. The zero-order valence-electron chi connectivity index (χ0n) is 37.7. The largest absolute Gasteiger partial charge is 0.455 e. The molecule has 2 heterocycles. The number of anilines is 3. The topological polar surface area (TPSA) is 21.3 Å². The molecular weight excluding hydrogens is 837 g/mol. The van der Waals surface area contributed by atoms with Crippen LogP contribution in [0.5, 0.6) is 0 Å². The number of furan rings is 1. The van der Waals surface area contributed by atoms with Gasteiger partial charge in [-0.05, 0) is 99.6 Å². The van der Waals surface area contributed by atoms with Crippen LogP contribution in [0, 0.1) is 0 Å². The van der Waals surface area contributed by atoms with Crippen molar-refractivity contribution in [3.05, 3.63) is 267 Å². The number of hydrogen-bond donors (Lipinski definition) is 0. The Bertz CT molecular complexity index is 3940. The lowest BCUT2D eigenvalue weighted by molar-refractivity contribution is 0.670. The van der Waals surface area contributed by atoms with Crippen molar-refractivity contribution in [3.8, 4) is 61.3 Å². The molecule has 0 atom stereocenters. The van der Waals surface area contributed by atoms with Crippen LogP contribution in [0.3, 0.4) is 0 Å². The van der Waals surface area contributed by atoms with Gasteiger partial charge in [0.1, 0.15) is 11.2 Å². The summed E-state index contributed by atoms with van der Waals surface area (Å²) in [7, 11) is 0. The zero-order valence-corrected chi connectivity index (χ0v) is 37.7. The Morgan fingerprint density at radius 1 is 0.290 bits per heavy atom. The Kier molecular flexibility index (Phi) is 9.84. The summed E-state index contributed by atoms with van der Waals surface area (Å²) in [5, 5.41) is 4.74. The molecule has 0 aliphatic rings. The van der Waals surface area contributed by atoms with E-state index in [1.54, 1.807) is 0 Å². The highest BCUT2D eigenvalue weighted by atomic mass is 16.3. The standard InChI is InChI=1S/C66H44N2O/c1-2-16-45(17-3-1)50-18-14-19-51(44-50)48-38-42-53(43-39-48)67(62-28-10-7-23-57(62)59-25-15-26-60-58-24-8-13-31-65(58)69-66(59)60)52-40-36-47(37-41-52)46-32-34-49(35-33-46)54-20-4-9-27-61(54)68-63-29-11-5-21-55(63)56-22-6-12-30-64(56)68/h1-44H. The lowest BCUT2D eigenvalue weighted by Crippen LogP contribution is -2.11. The molecule has 3 nitrogen and oxygen atoms in total. The van der Waals surface area contributed by atoms with Crippen molar-refractivity contribution in [1.82, 2.24) is 4.57 Å². The van der Waals surface area contributed by atoms with Gasteiger partial charge in [-0.3, -0.25) is 0 Å². The third-order valence-electron chi connectivity index (χ3n) is 13.6. The number of para-hydroxylation sites is 6. The first-order valence-electron chi connectivity index (χ1n) is 23.6. The Hall–Kier alpha value is -9.18. The van der Waals surface area contributed by atoms with Crippen LogP contribution in [0.4, 0.5) is 17.1 Å². The van der Waals surface area contributed by atoms with Gasteiger partial charge in [0.15, 0.2) is 0 Å². The summed E-state index contributed by atoms with van der Waals surface area (Å²) in [6.45, 7) is 0. The summed E-state index contributed by atoms with van der Waals surface area (Å²) in [6, 6.07) is 95.9. The second-order valence-corrected chi connectivity index (χ2v) is 17.6. The molecule has 0 fully saturated rings. The van der Waals surface area contributed by atoms with E-state index in [0.717, 1.165) is 72.5 Å². The molecule has 2 aromatic heterocycles. The first-order chi connectivity index (χ1) is 34.2. The van der Waals surface area contributed by atoms with E-state index in [-0.39, 0.29) is 0 Å². The summed E-state index contributed by atoms with van der Waals surface area (Å²) in [4.78, 5) is 2.37. The molecular formula is C66H44N2O. The third-order valence-corrected chi connectivity index (χ3v) is 13.6. The van der Waals surface area contributed by atoms with E-state index in [4.69, 9.17) is 4.42 Å². The summed E-state index contributed by atoms with van der Waals surface area (Å²) >= 11 is 0. The van der Waals surface area contributed by atoms with Gasteiger partial charge < -0.3 is 13.9 Å². The Balaban J connectivity index is 0.882. The van der Waals surface area contributed by atoms with E-state index in [0.29, 0.717) is 0 Å². The van der Waals surface area contributed by atoms with Gasteiger partial charge in [-0.2, -0.15) is 0 Å². The summed E-state index contributed by atoms with van der Waals surface area (Å²) < 4.78 is 9.04. The second-order valence-electron chi connectivity index (χ2n) is 17.6. The normalized spacial score (nSPS) is 11.5. The van der Waals surface area contributed by atoms with Crippen LogP contribution in [0.1, 0.15) is 0 Å². The van der Waals surface area contributed by atoms with Gasteiger partial charge in [-0.1, -0.05) is 206 Å². The van der Waals surface area contributed by atoms with Gasteiger partial charge >= 0.3 is 0 Å². The molecule has 0 amide bonds. The second kappa shape index (κ2) is 16.9. The molecule has 0 unspecified atom stereocenters. The van der Waals surface area contributed by atoms with Gasteiger partial charge in [-0.25, -0.2) is 0 Å². The molecule has 69 heavy (non-hydrogen) atoms. The molecule has 3 heteroatoms. The van der Waals surface area contributed by atoms with E-state index in [9.17, 15) is 0 Å². The molecule has 11 aromatic carbocycles. The lowest BCUT2D eigenvalue weighted by atomic mass is 9.97. The fourth-order valence-electron chi connectivity index (χ4n) is 10.3. The van der Waals surface area contributed by atoms with Crippen molar-refractivity contribution in [1.29, 1.82) is 0 Å². The molecule has 0 aliphatic heterocycles. The number of rotatable bonds is 9. The summed E-state index contributed by atoms with van der Waals surface area (Å²) in [5.74, 6) is 0. The lowest BCUT2D eigenvalue weighted by Gasteiger charge is -2.28. The molecule has 13 rings (SSSR count). The number of hydrogen-bond acceptors (Lipinski definition) is 2. The van der Waals surface area contributed by atoms with E-state index in [1.165, 1.54) is 49.6 Å². The SMILES string of the molecule is c1ccc(-c2cccc(-c3ccc(N(c4ccc(-c5ccc(-c6ccccc6-n6c7ccccc7c7ccccc76)cc5)cc4)c4ccccc4-c4cccc5c4oc4ccccc45)cc3)c2)cc1. The molecule has 0 N–H and O–H groups in total. The molecule has 0 spiro atoms. The summed E-state index contributed by atoms with van der Waals surface area (Å²) in [6.07, 6.45) is 0. The maximum atomic E-state index is 6.63. The van der Waals surface area contributed by atoms with Crippen molar-refractivity contribution < 1.29 is 4.42 Å². The minimum atomic E-state index is 0.885. The number of nitrogens with zero attached hydrogens (tertiary/aromatic N) is 2. The van der Waals surface area contributed by atoms with Crippen LogP contribution < -0.4 is 4.90 Å². The van der Waals surface area contributed by atoms with Crippen LogP contribution in [-0.2, 0) is 0 Å². The molecule has 0 saturated carbocycles. The van der Waals surface area contributed by atoms with Crippen molar-refractivity contribution in [3.63, 3.8) is 0 Å². The van der Waals surface area contributed by atoms with Gasteiger partial charge in [0, 0.05) is 49.6 Å². The Labute approximate surface area is 401 Å². The Morgan fingerprint density at radius 2 is 0.739 bits per heavy atom. The molecule has 13 aromatic rings. The van der Waals surface area contributed by atoms with Crippen LogP contribution >= 0.6 is 0 Å². The predicted octanol–water partition coefficient (Wildman–Crippen LogP) is 18.5. The predicted molar refractivity (Wildman–Crippen MR) is 290 cm³/mol. The van der Waals surface area contributed by atoms with Crippen LogP contribution in [0.15, 0.2) is 271 Å². The van der Waals surface area contributed by atoms with E-state index in [1.807, 2.05) is 6.07 Å². The van der Waals surface area contributed by atoms with E-state index in [2.05, 4.69) is 270 Å². The quantitative estimate of drug-likeness (QED) is 0.144. The molecule has 0 saturated heterocycles. The molecule has 324 valence electrons. The van der Waals surface area contributed by atoms with Gasteiger partial charge in [0.25, 0.3) is 0 Å². The van der Waals surface area contributed by atoms with E-state index < -0.39 is 0 Å². The van der Waals surface area contributed by atoms with Crippen molar-refractivity contribution in [2.75, 3.05) is 4.90 Å². The molecule has 0 aliphatic carbocycles. The highest BCUT2D eigenvalue weighted by Crippen LogP contribution is 2.45. The monoisotopic (exact) mass is 880 g/mol.